The lowest BCUT2D eigenvalue weighted by molar-refractivity contribution is 0.0647. The maximum absolute atomic E-state index is 13.9. The Morgan fingerprint density at radius 2 is 2.04 bits per heavy atom. The van der Waals surface area contributed by atoms with Gasteiger partial charge in [0.1, 0.15) is 16.6 Å². The number of hydrogen-bond donors (Lipinski definition) is 1. The average molecular weight is 353 g/mol. The number of piperazine rings is 1. The number of aromatic nitrogens is 1. The molecule has 3 rings (SSSR count). The summed E-state index contributed by atoms with van der Waals surface area (Å²) >= 11 is 1.43. The van der Waals surface area contributed by atoms with Crippen LogP contribution in [0, 0.1) is 11.6 Å². The second-order valence-corrected chi connectivity index (χ2v) is 7.01. The number of nitrogens with zero attached hydrogens (tertiary/aromatic N) is 3. The van der Waals surface area contributed by atoms with E-state index in [4.69, 9.17) is 5.11 Å². The number of halogens is 2. The first-order chi connectivity index (χ1) is 11.6. The zero-order valence-electron chi connectivity index (χ0n) is 13.6. The van der Waals surface area contributed by atoms with Gasteiger partial charge in [-0.25, -0.2) is 13.8 Å². The van der Waals surface area contributed by atoms with Crippen LogP contribution in [0.25, 0.3) is 11.3 Å². The van der Waals surface area contributed by atoms with Crippen LogP contribution in [0.1, 0.15) is 11.9 Å². The van der Waals surface area contributed by atoms with Gasteiger partial charge in [0.25, 0.3) is 0 Å². The minimum Gasteiger partial charge on any atom is -0.395 e. The van der Waals surface area contributed by atoms with Crippen LogP contribution < -0.4 is 0 Å². The summed E-state index contributed by atoms with van der Waals surface area (Å²) < 4.78 is 27.7. The summed E-state index contributed by atoms with van der Waals surface area (Å²) in [5.41, 5.74) is 0.304. The average Bonchev–Trinajstić information content (AvgIpc) is 2.98. The van der Waals surface area contributed by atoms with Crippen molar-refractivity contribution in [3.63, 3.8) is 0 Å². The molecule has 0 bridgehead atoms. The molecule has 0 saturated carbocycles. The summed E-state index contributed by atoms with van der Waals surface area (Å²) in [6, 6.07) is 4.22. The fourth-order valence-corrected chi connectivity index (χ4v) is 3.93. The fraction of sp³-hybridized carbons (Fsp3) is 0.471. The molecule has 1 aromatic heterocycles. The van der Waals surface area contributed by atoms with Crippen molar-refractivity contribution in [3.05, 3.63) is 40.2 Å². The molecule has 1 saturated heterocycles. The first-order valence-corrected chi connectivity index (χ1v) is 8.92. The Bertz CT molecular complexity index is 674. The van der Waals surface area contributed by atoms with Crippen LogP contribution in [0.15, 0.2) is 23.6 Å². The highest BCUT2D eigenvalue weighted by Gasteiger charge is 2.24. The van der Waals surface area contributed by atoms with Gasteiger partial charge in [0.15, 0.2) is 0 Å². The molecule has 2 aromatic rings. The molecule has 1 unspecified atom stereocenters. The van der Waals surface area contributed by atoms with E-state index in [1.165, 1.54) is 29.5 Å². The molecule has 0 spiro atoms. The number of aliphatic hydroxyl groups is 1. The summed E-state index contributed by atoms with van der Waals surface area (Å²) in [5, 5.41) is 11.6. The molecule has 1 atom stereocenters. The van der Waals surface area contributed by atoms with E-state index in [-0.39, 0.29) is 12.2 Å². The topological polar surface area (TPSA) is 39.6 Å². The summed E-state index contributed by atoms with van der Waals surface area (Å²) in [5.74, 6) is -1.17. The van der Waals surface area contributed by atoms with Crippen LogP contribution in [0.4, 0.5) is 8.78 Å². The highest BCUT2D eigenvalue weighted by Crippen LogP contribution is 2.28. The molecule has 0 aliphatic carbocycles. The van der Waals surface area contributed by atoms with Gasteiger partial charge in [-0.15, -0.1) is 11.3 Å². The Kier molecular flexibility index (Phi) is 5.55. The third kappa shape index (κ3) is 3.80. The Hall–Kier alpha value is -1.41. The van der Waals surface area contributed by atoms with E-state index < -0.39 is 11.6 Å². The fourth-order valence-electron chi connectivity index (χ4n) is 3.11. The Labute approximate surface area is 144 Å². The molecule has 0 radical (unpaired) electrons. The number of hydrogen-bond acceptors (Lipinski definition) is 5. The zero-order chi connectivity index (χ0) is 17.1. The lowest BCUT2D eigenvalue weighted by Gasteiger charge is -2.39. The van der Waals surface area contributed by atoms with Gasteiger partial charge in [0, 0.05) is 37.6 Å². The van der Waals surface area contributed by atoms with Gasteiger partial charge in [-0.2, -0.15) is 0 Å². The molecule has 1 fully saturated rings. The van der Waals surface area contributed by atoms with Crippen molar-refractivity contribution in [2.45, 2.75) is 19.5 Å². The molecule has 1 N–H and O–H groups in total. The van der Waals surface area contributed by atoms with Gasteiger partial charge in [-0.1, -0.05) is 6.07 Å². The predicted molar refractivity (Wildman–Crippen MR) is 90.9 cm³/mol. The molecular weight excluding hydrogens is 332 g/mol. The number of thiazole rings is 1. The van der Waals surface area contributed by atoms with Crippen molar-refractivity contribution in [1.82, 2.24) is 14.8 Å². The van der Waals surface area contributed by atoms with Crippen molar-refractivity contribution >= 4 is 11.3 Å². The molecule has 1 aliphatic rings. The summed E-state index contributed by atoms with van der Waals surface area (Å²) in [6.45, 7) is 6.39. The summed E-state index contributed by atoms with van der Waals surface area (Å²) in [7, 11) is 0. The maximum Gasteiger partial charge on any atom is 0.135 e. The molecule has 0 amide bonds. The van der Waals surface area contributed by atoms with E-state index >= 15 is 0 Å². The predicted octanol–water partition coefficient (Wildman–Crippen LogP) is 2.59. The lowest BCUT2D eigenvalue weighted by Crippen LogP contribution is -2.52. The minimum absolute atomic E-state index is 0.0545. The first-order valence-electron chi connectivity index (χ1n) is 8.04. The Balaban J connectivity index is 1.67. The molecule has 2 heterocycles. The standard InChI is InChI=1S/C17H21F2N3OS/c1-12-9-21(5-6-22(12)7-8-23)10-16-20-15(11-24-16)17-13(18)3-2-4-14(17)19/h2-4,11-12,23H,5-10H2,1H3. The second kappa shape index (κ2) is 7.65. The monoisotopic (exact) mass is 353 g/mol. The van der Waals surface area contributed by atoms with Crippen molar-refractivity contribution in [1.29, 1.82) is 0 Å². The number of β-amino-alcohol motifs (C(OH)–C–C–N with tert-alkyl or cyclic N) is 1. The Morgan fingerprint density at radius 3 is 2.71 bits per heavy atom. The third-order valence-electron chi connectivity index (χ3n) is 4.37. The van der Waals surface area contributed by atoms with Crippen LogP contribution in [-0.2, 0) is 6.54 Å². The van der Waals surface area contributed by atoms with Gasteiger partial charge >= 0.3 is 0 Å². The van der Waals surface area contributed by atoms with Gasteiger partial charge < -0.3 is 5.11 Å². The van der Waals surface area contributed by atoms with Gasteiger partial charge in [-0.05, 0) is 19.1 Å². The molecule has 4 nitrogen and oxygen atoms in total. The highest BCUT2D eigenvalue weighted by atomic mass is 32.1. The van der Waals surface area contributed by atoms with Gasteiger partial charge in [0.05, 0.1) is 24.4 Å². The van der Waals surface area contributed by atoms with Crippen LogP contribution in [0.3, 0.4) is 0 Å². The number of aliphatic hydroxyl groups excluding tert-OH is 1. The van der Waals surface area contributed by atoms with Crippen molar-refractivity contribution < 1.29 is 13.9 Å². The van der Waals surface area contributed by atoms with Crippen LogP contribution in [-0.4, -0.2) is 58.7 Å². The van der Waals surface area contributed by atoms with E-state index in [1.807, 2.05) is 0 Å². The molecule has 7 heteroatoms. The van der Waals surface area contributed by atoms with Crippen molar-refractivity contribution in [2.24, 2.45) is 0 Å². The highest BCUT2D eigenvalue weighted by molar-refractivity contribution is 7.09. The van der Waals surface area contributed by atoms with E-state index in [0.29, 0.717) is 24.8 Å². The SMILES string of the molecule is CC1CN(Cc2nc(-c3c(F)cccc3F)cs2)CCN1CCO. The summed E-state index contributed by atoms with van der Waals surface area (Å²) in [6.07, 6.45) is 0. The second-order valence-electron chi connectivity index (χ2n) is 6.07. The van der Waals surface area contributed by atoms with Crippen LogP contribution in [0.2, 0.25) is 0 Å². The Morgan fingerprint density at radius 1 is 1.29 bits per heavy atom. The van der Waals surface area contributed by atoms with E-state index in [0.717, 1.165) is 24.6 Å². The van der Waals surface area contributed by atoms with Gasteiger partial charge in [-0.3, -0.25) is 9.80 Å². The van der Waals surface area contributed by atoms with Crippen molar-refractivity contribution in [3.8, 4) is 11.3 Å². The molecular formula is C17H21F2N3OS. The first kappa shape index (κ1) is 17.4. The van der Waals surface area contributed by atoms with Crippen LogP contribution >= 0.6 is 11.3 Å². The van der Waals surface area contributed by atoms with Crippen LogP contribution in [0.5, 0.6) is 0 Å². The number of benzene rings is 1. The smallest absolute Gasteiger partial charge is 0.135 e. The van der Waals surface area contributed by atoms with E-state index in [9.17, 15) is 8.78 Å². The van der Waals surface area contributed by atoms with E-state index in [1.54, 1.807) is 5.38 Å². The van der Waals surface area contributed by atoms with Crippen molar-refractivity contribution in [2.75, 3.05) is 32.8 Å². The number of rotatable bonds is 5. The van der Waals surface area contributed by atoms with E-state index in [2.05, 4.69) is 21.7 Å². The zero-order valence-corrected chi connectivity index (χ0v) is 14.4. The van der Waals surface area contributed by atoms with Gasteiger partial charge in [0.2, 0.25) is 0 Å². The minimum atomic E-state index is -0.585. The quantitative estimate of drug-likeness (QED) is 0.897. The maximum atomic E-state index is 13.9. The molecule has 1 aliphatic heterocycles. The molecule has 24 heavy (non-hydrogen) atoms. The largest absolute Gasteiger partial charge is 0.395 e. The summed E-state index contributed by atoms with van der Waals surface area (Å²) in [4.78, 5) is 8.97. The normalized spacial score (nSPS) is 19.8. The molecule has 1 aromatic carbocycles. The molecule has 130 valence electrons. The lowest BCUT2D eigenvalue weighted by atomic mass is 10.1. The third-order valence-corrected chi connectivity index (χ3v) is 5.20.